The first-order valence-corrected chi connectivity index (χ1v) is 7.21. The van der Waals surface area contributed by atoms with Crippen molar-refractivity contribution in [3.63, 3.8) is 0 Å². The molecule has 1 fully saturated rings. The largest absolute Gasteiger partial charge is 0.395 e. The monoisotopic (exact) mass is 298 g/mol. The van der Waals surface area contributed by atoms with Gasteiger partial charge in [0.05, 0.1) is 6.61 Å². The minimum absolute atomic E-state index is 0. The Bertz CT molecular complexity index is 388. The molecular weight excluding hydrogens is 272 g/mol. The number of rotatable bonds is 6. The van der Waals surface area contributed by atoms with Gasteiger partial charge in [0.25, 0.3) is 0 Å². The third-order valence-electron chi connectivity index (χ3n) is 4.01. The Kier molecular flexibility index (Phi) is 6.96. The van der Waals surface area contributed by atoms with Gasteiger partial charge in [-0.05, 0) is 30.9 Å². The summed E-state index contributed by atoms with van der Waals surface area (Å²) in [6.07, 6.45) is 1.23. The predicted octanol–water partition coefficient (Wildman–Crippen LogP) is 2.21. The third kappa shape index (κ3) is 5.06. The van der Waals surface area contributed by atoms with Gasteiger partial charge in [-0.25, -0.2) is 0 Å². The molecule has 1 aliphatic heterocycles. The van der Waals surface area contributed by atoms with Gasteiger partial charge in [-0.1, -0.05) is 36.8 Å². The van der Waals surface area contributed by atoms with Crippen molar-refractivity contribution in [1.82, 2.24) is 10.2 Å². The predicted molar refractivity (Wildman–Crippen MR) is 86.4 cm³/mol. The number of hydrogen-bond donors (Lipinski definition) is 2. The van der Waals surface area contributed by atoms with Gasteiger partial charge >= 0.3 is 0 Å². The summed E-state index contributed by atoms with van der Waals surface area (Å²) in [4.78, 5) is 2.37. The number of aryl methyl sites for hydroxylation is 1. The molecule has 0 amide bonds. The SMILES string of the molecule is Cc1ccc(CN(CCO)CC2(C)CCNC2)cc1.Cl. The second kappa shape index (κ2) is 7.99. The highest BCUT2D eigenvalue weighted by Gasteiger charge is 2.30. The summed E-state index contributed by atoms with van der Waals surface area (Å²) in [5.74, 6) is 0. The maximum Gasteiger partial charge on any atom is 0.0558 e. The summed E-state index contributed by atoms with van der Waals surface area (Å²) in [5.41, 5.74) is 2.97. The smallest absolute Gasteiger partial charge is 0.0558 e. The number of aliphatic hydroxyl groups is 1. The molecule has 0 aliphatic carbocycles. The van der Waals surface area contributed by atoms with Crippen LogP contribution in [0.1, 0.15) is 24.5 Å². The molecule has 20 heavy (non-hydrogen) atoms. The average molecular weight is 299 g/mol. The molecule has 1 saturated heterocycles. The topological polar surface area (TPSA) is 35.5 Å². The summed E-state index contributed by atoms with van der Waals surface area (Å²) < 4.78 is 0. The van der Waals surface area contributed by atoms with Gasteiger partial charge in [0, 0.05) is 26.2 Å². The highest BCUT2D eigenvalue weighted by Crippen LogP contribution is 2.26. The van der Waals surface area contributed by atoms with Crippen molar-refractivity contribution < 1.29 is 5.11 Å². The standard InChI is InChI=1S/C16H26N2O.ClH/c1-14-3-5-15(6-4-14)11-18(9-10-19)13-16(2)7-8-17-12-16;/h3-6,17,19H,7-13H2,1-2H3;1H. The Hall–Kier alpha value is -0.610. The van der Waals surface area contributed by atoms with Crippen molar-refractivity contribution in [2.24, 2.45) is 5.41 Å². The summed E-state index contributed by atoms with van der Waals surface area (Å²) in [5, 5.41) is 12.7. The van der Waals surface area contributed by atoms with Crippen LogP contribution in [0, 0.1) is 12.3 Å². The molecule has 1 unspecified atom stereocenters. The maximum absolute atomic E-state index is 9.26. The van der Waals surface area contributed by atoms with Gasteiger partial charge in [-0.2, -0.15) is 0 Å². The first-order chi connectivity index (χ1) is 9.11. The first-order valence-electron chi connectivity index (χ1n) is 7.21. The van der Waals surface area contributed by atoms with Gasteiger partial charge in [0.1, 0.15) is 0 Å². The Morgan fingerprint density at radius 3 is 2.55 bits per heavy atom. The molecule has 0 spiro atoms. The lowest BCUT2D eigenvalue weighted by Crippen LogP contribution is -2.38. The Morgan fingerprint density at radius 1 is 1.30 bits per heavy atom. The van der Waals surface area contributed by atoms with Crippen molar-refractivity contribution in [3.8, 4) is 0 Å². The van der Waals surface area contributed by atoms with Crippen molar-refractivity contribution in [3.05, 3.63) is 35.4 Å². The van der Waals surface area contributed by atoms with Crippen LogP contribution >= 0.6 is 12.4 Å². The second-order valence-corrected chi connectivity index (χ2v) is 6.16. The molecular formula is C16H27ClN2O. The molecule has 1 aromatic carbocycles. The summed E-state index contributed by atoms with van der Waals surface area (Å²) in [7, 11) is 0. The molecule has 2 rings (SSSR count). The number of nitrogens with one attached hydrogen (secondary N) is 1. The lowest BCUT2D eigenvalue weighted by Gasteiger charge is -2.31. The Labute approximate surface area is 128 Å². The van der Waals surface area contributed by atoms with Crippen molar-refractivity contribution >= 4 is 12.4 Å². The van der Waals surface area contributed by atoms with Crippen LogP contribution in [-0.4, -0.2) is 42.8 Å². The van der Waals surface area contributed by atoms with Crippen molar-refractivity contribution in [1.29, 1.82) is 0 Å². The van der Waals surface area contributed by atoms with Crippen LogP contribution in [0.15, 0.2) is 24.3 Å². The van der Waals surface area contributed by atoms with E-state index in [0.29, 0.717) is 5.41 Å². The molecule has 0 saturated carbocycles. The van der Waals surface area contributed by atoms with Crippen LogP contribution in [0.2, 0.25) is 0 Å². The molecule has 4 heteroatoms. The number of halogens is 1. The van der Waals surface area contributed by atoms with E-state index in [-0.39, 0.29) is 19.0 Å². The first kappa shape index (κ1) is 17.4. The van der Waals surface area contributed by atoms with E-state index < -0.39 is 0 Å². The highest BCUT2D eigenvalue weighted by atomic mass is 35.5. The fraction of sp³-hybridized carbons (Fsp3) is 0.625. The van der Waals surface area contributed by atoms with E-state index in [2.05, 4.69) is 48.3 Å². The molecule has 114 valence electrons. The van der Waals surface area contributed by atoms with Gasteiger partial charge in [0.2, 0.25) is 0 Å². The van der Waals surface area contributed by atoms with Crippen molar-refractivity contribution in [2.75, 3.05) is 32.8 Å². The molecule has 0 bridgehead atoms. The zero-order valence-corrected chi connectivity index (χ0v) is 13.4. The van der Waals surface area contributed by atoms with E-state index in [0.717, 1.165) is 32.7 Å². The zero-order chi connectivity index (χ0) is 13.7. The van der Waals surface area contributed by atoms with E-state index in [9.17, 15) is 5.11 Å². The lowest BCUT2D eigenvalue weighted by atomic mass is 9.89. The van der Waals surface area contributed by atoms with Crippen molar-refractivity contribution in [2.45, 2.75) is 26.8 Å². The quantitative estimate of drug-likeness (QED) is 0.845. The molecule has 0 radical (unpaired) electrons. The van der Waals surface area contributed by atoms with Gasteiger partial charge in [-0.15, -0.1) is 12.4 Å². The Balaban J connectivity index is 0.00000200. The molecule has 1 aromatic rings. The minimum Gasteiger partial charge on any atom is -0.395 e. The van der Waals surface area contributed by atoms with E-state index in [1.807, 2.05) is 0 Å². The molecule has 1 heterocycles. The van der Waals surface area contributed by atoms with E-state index >= 15 is 0 Å². The van der Waals surface area contributed by atoms with Gasteiger partial charge < -0.3 is 10.4 Å². The number of hydrogen-bond acceptors (Lipinski definition) is 3. The van der Waals surface area contributed by atoms with Crippen LogP contribution in [0.5, 0.6) is 0 Å². The minimum atomic E-state index is 0. The molecule has 0 aromatic heterocycles. The summed E-state index contributed by atoms with van der Waals surface area (Å²) >= 11 is 0. The number of benzene rings is 1. The van der Waals surface area contributed by atoms with E-state index in [1.165, 1.54) is 17.5 Å². The molecule has 3 nitrogen and oxygen atoms in total. The summed E-state index contributed by atoms with van der Waals surface area (Å²) in [6.45, 7) is 9.62. The summed E-state index contributed by atoms with van der Waals surface area (Å²) in [6, 6.07) is 8.69. The van der Waals surface area contributed by atoms with E-state index in [1.54, 1.807) is 0 Å². The van der Waals surface area contributed by atoms with Crippen LogP contribution in [0.25, 0.3) is 0 Å². The lowest BCUT2D eigenvalue weighted by molar-refractivity contribution is 0.138. The van der Waals surface area contributed by atoms with Crippen LogP contribution in [0.3, 0.4) is 0 Å². The molecule has 2 N–H and O–H groups in total. The second-order valence-electron chi connectivity index (χ2n) is 6.16. The average Bonchev–Trinajstić information content (AvgIpc) is 2.79. The fourth-order valence-electron chi connectivity index (χ4n) is 2.85. The third-order valence-corrected chi connectivity index (χ3v) is 4.01. The number of aliphatic hydroxyl groups excluding tert-OH is 1. The van der Waals surface area contributed by atoms with Crippen LogP contribution in [0.4, 0.5) is 0 Å². The van der Waals surface area contributed by atoms with Crippen LogP contribution < -0.4 is 5.32 Å². The highest BCUT2D eigenvalue weighted by molar-refractivity contribution is 5.85. The van der Waals surface area contributed by atoms with Gasteiger partial charge in [-0.3, -0.25) is 4.90 Å². The van der Waals surface area contributed by atoms with E-state index in [4.69, 9.17) is 0 Å². The normalized spacial score (nSPS) is 22.0. The Morgan fingerprint density at radius 2 is 2.00 bits per heavy atom. The molecule has 1 aliphatic rings. The number of nitrogens with zero attached hydrogens (tertiary/aromatic N) is 1. The maximum atomic E-state index is 9.26. The van der Waals surface area contributed by atoms with Crippen LogP contribution in [-0.2, 0) is 6.54 Å². The van der Waals surface area contributed by atoms with Gasteiger partial charge in [0.15, 0.2) is 0 Å². The fourth-order valence-corrected chi connectivity index (χ4v) is 2.85. The zero-order valence-electron chi connectivity index (χ0n) is 12.6. The molecule has 1 atom stereocenters.